The minimum Gasteiger partial charge on any atom is -0.493 e. The molecule has 5 rings (SSSR count). The van der Waals surface area contributed by atoms with Crippen molar-refractivity contribution in [1.82, 2.24) is 29.9 Å². The van der Waals surface area contributed by atoms with E-state index >= 15 is 0 Å². The van der Waals surface area contributed by atoms with Crippen LogP contribution in [-0.4, -0.2) is 51.2 Å². The van der Waals surface area contributed by atoms with Crippen LogP contribution in [0.15, 0.2) is 53.7 Å². The Morgan fingerprint density at radius 1 is 0.774 bits per heavy atom. The first-order valence-electron chi connectivity index (χ1n) is 9.19. The van der Waals surface area contributed by atoms with Crippen molar-refractivity contribution >= 4 is 38.3 Å². The molecule has 0 saturated carbocycles. The number of ether oxygens (including phenoxy) is 3. The number of hydrogen-bond acceptors (Lipinski definition) is 7. The number of rotatable bonds is 4. The molecule has 0 bridgehead atoms. The van der Waals surface area contributed by atoms with Gasteiger partial charge in [0, 0.05) is 18.0 Å². The van der Waals surface area contributed by atoms with E-state index in [9.17, 15) is 0 Å². The maximum Gasteiger partial charge on any atom is 0.203 e. The van der Waals surface area contributed by atoms with Gasteiger partial charge in [0.1, 0.15) is 15.6 Å². The summed E-state index contributed by atoms with van der Waals surface area (Å²) in [5.41, 5.74) is 4.85. The standard InChI is InChI=1S/C15H15N3O3.C6H4BrN3/c1-19-12-6-9(7-13(20-2)14(12)21-3)11-8-17-15-10(18-11)4-5-16-15;7-5-3-9-6-4(10-5)1-2-8-6/h4-8H,1-3H3,(H,16,17);1-3H,(H,8,9). The third-order valence-corrected chi connectivity index (χ3v) is 4.83. The van der Waals surface area contributed by atoms with Gasteiger partial charge in [-0.2, -0.15) is 0 Å². The molecular weight excluding hydrogens is 464 g/mol. The highest BCUT2D eigenvalue weighted by atomic mass is 79.9. The van der Waals surface area contributed by atoms with Gasteiger partial charge in [-0.1, -0.05) is 0 Å². The van der Waals surface area contributed by atoms with E-state index in [1.165, 1.54) is 0 Å². The van der Waals surface area contributed by atoms with Crippen molar-refractivity contribution in [3.05, 3.63) is 53.7 Å². The van der Waals surface area contributed by atoms with Gasteiger partial charge in [0.15, 0.2) is 22.8 Å². The van der Waals surface area contributed by atoms with E-state index in [1.807, 2.05) is 36.7 Å². The normalized spacial score (nSPS) is 10.6. The summed E-state index contributed by atoms with van der Waals surface area (Å²) in [6.45, 7) is 0. The Morgan fingerprint density at radius 2 is 1.35 bits per heavy atom. The highest BCUT2D eigenvalue weighted by Gasteiger charge is 2.15. The minimum absolute atomic E-state index is 0.555. The lowest BCUT2D eigenvalue weighted by Gasteiger charge is -2.13. The summed E-state index contributed by atoms with van der Waals surface area (Å²) in [5, 5.41) is 0. The second-order valence-corrected chi connectivity index (χ2v) is 7.10. The zero-order valence-corrected chi connectivity index (χ0v) is 18.6. The van der Waals surface area contributed by atoms with Crippen LogP contribution in [0.2, 0.25) is 0 Å². The summed E-state index contributed by atoms with van der Waals surface area (Å²) < 4.78 is 16.8. The van der Waals surface area contributed by atoms with Crippen molar-refractivity contribution in [2.75, 3.05) is 21.3 Å². The van der Waals surface area contributed by atoms with Gasteiger partial charge < -0.3 is 24.2 Å². The number of halogens is 1. The summed E-state index contributed by atoms with van der Waals surface area (Å²) in [4.78, 5) is 23.1. The van der Waals surface area contributed by atoms with Crippen LogP contribution in [0.3, 0.4) is 0 Å². The Bertz CT molecular complexity index is 1310. The number of hydrogen-bond donors (Lipinski definition) is 2. The average Bonchev–Trinajstić information content (AvgIpc) is 3.46. The molecule has 0 fully saturated rings. The Morgan fingerprint density at radius 3 is 1.94 bits per heavy atom. The molecule has 158 valence electrons. The molecule has 0 amide bonds. The van der Waals surface area contributed by atoms with E-state index in [2.05, 4.69) is 45.8 Å². The Labute approximate surface area is 186 Å². The van der Waals surface area contributed by atoms with Crippen molar-refractivity contribution in [2.45, 2.75) is 0 Å². The van der Waals surface area contributed by atoms with Crippen LogP contribution < -0.4 is 14.2 Å². The second-order valence-electron chi connectivity index (χ2n) is 6.29. The van der Waals surface area contributed by atoms with Gasteiger partial charge in [0.25, 0.3) is 0 Å². The Hall–Kier alpha value is -3.66. The van der Waals surface area contributed by atoms with Crippen molar-refractivity contribution in [1.29, 1.82) is 0 Å². The topological polar surface area (TPSA) is 111 Å². The molecule has 0 aliphatic carbocycles. The van der Waals surface area contributed by atoms with Crippen LogP contribution in [0.5, 0.6) is 17.2 Å². The molecule has 4 aromatic heterocycles. The van der Waals surface area contributed by atoms with Gasteiger partial charge in [-0.25, -0.2) is 19.9 Å². The van der Waals surface area contributed by atoms with E-state index in [0.717, 1.165) is 38.2 Å². The smallest absolute Gasteiger partial charge is 0.203 e. The summed E-state index contributed by atoms with van der Waals surface area (Å²) in [6.07, 6.45) is 7.00. The van der Waals surface area contributed by atoms with Crippen LogP contribution in [-0.2, 0) is 0 Å². The number of aromatic amines is 2. The van der Waals surface area contributed by atoms with Gasteiger partial charge in [0.2, 0.25) is 5.75 Å². The fourth-order valence-electron chi connectivity index (χ4n) is 3.01. The monoisotopic (exact) mass is 482 g/mol. The van der Waals surface area contributed by atoms with Gasteiger partial charge in [-0.15, -0.1) is 0 Å². The molecular formula is C21H19BrN6O3. The highest BCUT2D eigenvalue weighted by Crippen LogP contribution is 2.40. The maximum atomic E-state index is 5.35. The van der Waals surface area contributed by atoms with E-state index in [1.54, 1.807) is 33.7 Å². The number of nitrogens with zero attached hydrogens (tertiary/aromatic N) is 4. The molecule has 0 unspecified atom stereocenters. The zero-order valence-electron chi connectivity index (χ0n) is 17.0. The first kappa shape index (κ1) is 20.6. The fourth-order valence-corrected chi connectivity index (χ4v) is 3.30. The van der Waals surface area contributed by atoms with Crippen LogP contribution in [0.25, 0.3) is 33.6 Å². The predicted octanol–water partition coefficient (Wildman–Crippen LogP) is 4.37. The molecule has 2 N–H and O–H groups in total. The number of aromatic nitrogens is 6. The quantitative estimate of drug-likeness (QED) is 0.391. The van der Waals surface area contributed by atoms with Crippen LogP contribution in [0, 0.1) is 0 Å². The molecule has 9 nitrogen and oxygen atoms in total. The number of H-pyrrole nitrogens is 2. The molecule has 0 spiro atoms. The minimum atomic E-state index is 0.555. The second kappa shape index (κ2) is 9.00. The molecule has 4 heterocycles. The van der Waals surface area contributed by atoms with Gasteiger partial charge in [-0.3, -0.25) is 0 Å². The molecule has 1 aromatic carbocycles. The number of nitrogens with one attached hydrogen (secondary N) is 2. The first-order chi connectivity index (χ1) is 15.1. The van der Waals surface area contributed by atoms with Gasteiger partial charge in [-0.05, 0) is 40.2 Å². The zero-order chi connectivity index (χ0) is 21.8. The van der Waals surface area contributed by atoms with Crippen molar-refractivity contribution < 1.29 is 14.2 Å². The molecule has 0 radical (unpaired) electrons. The van der Waals surface area contributed by atoms with Crippen LogP contribution >= 0.6 is 15.9 Å². The largest absolute Gasteiger partial charge is 0.493 e. The molecule has 0 saturated heterocycles. The molecule has 0 atom stereocenters. The average molecular weight is 483 g/mol. The van der Waals surface area contributed by atoms with E-state index in [0.29, 0.717) is 17.2 Å². The summed E-state index contributed by atoms with van der Waals surface area (Å²) >= 11 is 3.23. The van der Waals surface area contributed by atoms with Crippen LogP contribution in [0.1, 0.15) is 0 Å². The predicted molar refractivity (Wildman–Crippen MR) is 121 cm³/mol. The molecule has 10 heteroatoms. The van der Waals surface area contributed by atoms with Crippen molar-refractivity contribution in [3.8, 4) is 28.5 Å². The maximum absolute atomic E-state index is 5.35. The molecule has 0 aliphatic rings. The molecule has 0 aliphatic heterocycles. The third kappa shape index (κ3) is 4.29. The SMILES string of the molecule is Brc1cnc2[nH]ccc2n1.COc1cc(-c2cnc3[nH]ccc3n2)cc(OC)c1OC. The van der Waals surface area contributed by atoms with E-state index in [4.69, 9.17) is 14.2 Å². The van der Waals surface area contributed by atoms with E-state index in [-0.39, 0.29) is 0 Å². The fraction of sp³-hybridized carbons (Fsp3) is 0.143. The molecule has 31 heavy (non-hydrogen) atoms. The van der Waals surface area contributed by atoms with Crippen molar-refractivity contribution in [2.24, 2.45) is 0 Å². The summed E-state index contributed by atoms with van der Waals surface area (Å²) in [5.74, 6) is 1.73. The lowest BCUT2D eigenvalue weighted by molar-refractivity contribution is 0.324. The van der Waals surface area contributed by atoms with E-state index < -0.39 is 0 Å². The number of benzene rings is 1. The lowest BCUT2D eigenvalue weighted by atomic mass is 10.1. The first-order valence-corrected chi connectivity index (χ1v) is 9.98. The Kier molecular flexibility index (Phi) is 5.99. The lowest BCUT2D eigenvalue weighted by Crippen LogP contribution is -1.96. The number of fused-ring (bicyclic) bond motifs is 2. The summed E-state index contributed by atoms with van der Waals surface area (Å²) in [7, 11) is 4.75. The van der Waals surface area contributed by atoms with Crippen LogP contribution in [0.4, 0.5) is 0 Å². The van der Waals surface area contributed by atoms with Crippen molar-refractivity contribution in [3.63, 3.8) is 0 Å². The van der Waals surface area contributed by atoms with Gasteiger partial charge >= 0.3 is 0 Å². The Balaban J connectivity index is 0.000000192. The van der Waals surface area contributed by atoms with Gasteiger partial charge in [0.05, 0.1) is 39.4 Å². The molecule has 5 aromatic rings. The summed E-state index contributed by atoms with van der Waals surface area (Å²) in [6, 6.07) is 7.46. The number of methoxy groups -OCH3 is 3. The third-order valence-electron chi connectivity index (χ3n) is 4.45. The highest BCUT2D eigenvalue weighted by molar-refractivity contribution is 9.10.